The number of hydrogen-bond acceptors (Lipinski definition) is 0. The Bertz CT molecular complexity index is 8.66. The van der Waals surface area contributed by atoms with Gasteiger partial charge in [-0.1, -0.05) is 0 Å². The van der Waals surface area contributed by atoms with Gasteiger partial charge in [-0.05, 0) is 0 Å². The fourth-order valence-electron chi connectivity index (χ4n) is 0. The summed E-state index contributed by atoms with van der Waals surface area (Å²) in [5.74, 6) is 0. The molecule has 0 saturated carbocycles. The molecule has 6 heteroatoms. The first kappa shape index (κ1) is 15.7. The number of halogens is 5. The van der Waals surface area contributed by atoms with Gasteiger partial charge in [0.25, 0.3) is 0 Å². The van der Waals surface area contributed by atoms with E-state index in [1.54, 1.807) is 0 Å². The summed E-state index contributed by atoms with van der Waals surface area (Å²) >= 11 is -1.79. The summed E-state index contributed by atoms with van der Waals surface area (Å²) in [6.07, 6.45) is 0. The molecular weight excluding hydrogens is 374 g/mol. The molecule has 0 atom stereocenters. The molecule has 0 unspecified atom stereocenters. The minimum atomic E-state index is -1.79. The van der Waals surface area contributed by atoms with Crippen molar-refractivity contribution in [2.45, 2.75) is 0 Å². The van der Waals surface area contributed by atoms with Crippen molar-refractivity contribution in [2.24, 2.45) is 0 Å². The molecule has 0 bridgehead atoms. The number of hydrogen-bond donors (Lipinski definition) is 0. The van der Waals surface area contributed by atoms with Crippen LogP contribution in [0, 0.1) is 0 Å². The molecule has 0 aliphatic carbocycles. The van der Waals surface area contributed by atoms with Crippen LogP contribution in [0.25, 0.3) is 0 Å². The van der Waals surface area contributed by atoms with Gasteiger partial charge in [-0.25, -0.2) is 0 Å². The van der Waals surface area contributed by atoms with Crippen molar-refractivity contribution < 1.29 is 15.2 Å². The van der Waals surface area contributed by atoms with Crippen LogP contribution in [-0.2, 0) is 15.2 Å². The van der Waals surface area contributed by atoms with Crippen molar-refractivity contribution in [3.8, 4) is 0 Å². The van der Waals surface area contributed by atoms with Gasteiger partial charge in [0.05, 0.1) is 0 Å². The first-order chi connectivity index (χ1) is 1.73. The summed E-state index contributed by atoms with van der Waals surface area (Å²) in [5.41, 5.74) is 0. The van der Waals surface area contributed by atoms with Crippen LogP contribution in [-0.4, -0.2) is 0 Å². The zero-order valence-corrected chi connectivity index (χ0v) is 8.32. The van der Waals surface area contributed by atoms with Crippen molar-refractivity contribution in [3.05, 3.63) is 0 Å². The van der Waals surface area contributed by atoms with Crippen molar-refractivity contribution in [3.63, 3.8) is 0 Å². The molecule has 0 rings (SSSR count). The molecule has 0 heterocycles. The molecule has 0 aromatic rings. The standard InChI is InChI=1S/Au.5ClH/h;5*1H/q+3;;;;;/p-3. The van der Waals surface area contributed by atoms with E-state index in [2.05, 4.69) is 0 Å². The van der Waals surface area contributed by atoms with Crippen molar-refractivity contribution in [2.75, 3.05) is 0 Å². The van der Waals surface area contributed by atoms with E-state index < -0.39 is 15.2 Å². The summed E-state index contributed by atoms with van der Waals surface area (Å²) in [6.45, 7) is 0. The fourth-order valence-corrected chi connectivity index (χ4v) is 0. The Morgan fingerprint density at radius 2 is 0.833 bits per heavy atom. The summed E-state index contributed by atoms with van der Waals surface area (Å²) < 4.78 is 0. The molecule has 0 fully saturated rings. The van der Waals surface area contributed by atoms with Crippen molar-refractivity contribution >= 4 is 52.4 Å². The van der Waals surface area contributed by atoms with E-state index in [4.69, 9.17) is 27.6 Å². The van der Waals surface area contributed by atoms with Gasteiger partial charge in [-0.3, -0.25) is 0 Å². The summed E-state index contributed by atoms with van der Waals surface area (Å²) in [4.78, 5) is 0. The third-order valence-corrected chi connectivity index (χ3v) is 0. The van der Waals surface area contributed by atoms with Gasteiger partial charge < -0.3 is 0 Å². The second-order valence-electron chi connectivity index (χ2n) is 0.129. The molecule has 0 aliphatic heterocycles. The predicted molar refractivity (Wildman–Crippen MR) is 32.1 cm³/mol. The molecule has 0 saturated heterocycles. The van der Waals surface area contributed by atoms with Gasteiger partial charge in [0.1, 0.15) is 0 Å². The Hall–Kier alpha value is 2.19. The molecule has 0 amide bonds. The van der Waals surface area contributed by atoms with Gasteiger partial charge >= 0.3 is 42.8 Å². The van der Waals surface area contributed by atoms with Crippen LogP contribution in [0.5, 0.6) is 0 Å². The van der Waals surface area contributed by atoms with Crippen molar-refractivity contribution in [1.29, 1.82) is 0 Å². The topological polar surface area (TPSA) is 0 Å². The predicted octanol–water partition coefficient (Wildman–Crippen LogP) is 2.91. The summed E-state index contributed by atoms with van der Waals surface area (Å²) in [7, 11) is 14.9. The zero-order chi connectivity index (χ0) is 3.58. The maximum absolute atomic E-state index is 4.95. The SMILES string of the molecule is Cl.Cl.[Cl][Au]([Cl])[Cl]. The Labute approximate surface area is 66.9 Å². The van der Waals surface area contributed by atoms with E-state index in [0.29, 0.717) is 0 Å². The molecule has 0 aliphatic rings. The monoisotopic (exact) mass is 374 g/mol. The van der Waals surface area contributed by atoms with Gasteiger partial charge in [0.15, 0.2) is 0 Å². The Morgan fingerprint density at radius 1 is 0.833 bits per heavy atom. The minimum absolute atomic E-state index is 0. The number of rotatable bonds is 0. The van der Waals surface area contributed by atoms with Crippen LogP contribution >= 0.6 is 52.4 Å². The van der Waals surface area contributed by atoms with Gasteiger partial charge in [0, 0.05) is 0 Å². The first-order valence-corrected chi connectivity index (χ1v) is 8.40. The van der Waals surface area contributed by atoms with Crippen LogP contribution < -0.4 is 0 Å². The van der Waals surface area contributed by atoms with Gasteiger partial charge in [0.2, 0.25) is 0 Å². The Kier molecular flexibility index (Phi) is 26.8. The third kappa shape index (κ3) is 34.8. The first-order valence-electron chi connectivity index (χ1n) is 0.342. The molecule has 0 aromatic carbocycles. The van der Waals surface area contributed by atoms with E-state index in [1.807, 2.05) is 0 Å². The van der Waals surface area contributed by atoms with E-state index >= 15 is 0 Å². The maximum atomic E-state index is 4.95. The molecule has 0 aromatic heterocycles. The van der Waals surface area contributed by atoms with Gasteiger partial charge in [-0.15, -0.1) is 24.8 Å². The van der Waals surface area contributed by atoms with E-state index in [-0.39, 0.29) is 24.8 Å². The second-order valence-corrected chi connectivity index (χ2v) is 9.52. The quantitative estimate of drug-likeness (QED) is 0.571. The van der Waals surface area contributed by atoms with Crippen LogP contribution in [0.1, 0.15) is 0 Å². The molecule has 6 heavy (non-hydrogen) atoms. The summed E-state index contributed by atoms with van der Waals surface area (Å²) in [6, 6.07) is 0. The van der Waals surface area contributed by atoms with Crippen molar-refractivity contribution in [1.82, 2.24) is 0 Å². The average Bonchev–Trinajstić information content (AvgIpc) is 0.811. The van der Waals surface area contributed by atoms with Crippen LogP contribution in [0.3, 0.4) is 0 Å². The Balaban J connectivity index is -0.0000000450. The summed E-state index contributed by atoms with van der Waals surface area (Å²) in [5, 5.41) is 0. The zero-order valence-electron chi connectivity index (χ0n) is 2.25. The van der Waals surface area contributed by atoms with Crippen LogP contribution in [0.2, 0.25) is 0 Å². The van der Waals surface area contributed by atoms with Crippen LogP contribution in [0.15, 0.2) is 0 Å². The van der Waals surface area contributed by atoms with Gasteiger partial charge in [-0.2, -0.15) is 0 Å². The Morgan fingerprint density at radius 3 is 0.833 bits per heavy atom. The third-order valence-electron chi connectivity index (χ3n) is 0. The molecule has 0 N–H and O–H groups in total. The van der Waals surface area contributed by atoms with Crippen LogP contribution in [0.4, 0.5) is 0 Å². The molecule has 0 radical (unpaired) electrons. The second kappa shape index (κ2) is 10.2. The normalized spacial score (nSPS) is 7.50. The molecular formula is H2AuCl5. The fraction of sp³-hybridized carbons (Fsp3) is 0. The molecule has 0 spiro atoms. The molecule has 0 nitrogen and oxygen atoms in total. The van der Waals surface area contributed by atoms with E-state index in [1.165, 1.54) is 0 Å². The average molecular weight is 376 g/mol. The van der Waals surface area contributed by atoms with E-state index in [9.17, 15) is 0 Å². The molecule has 48 valence electrons. The van der Waals surface area contributed by atoms with E-state index in [0.717, 1.165) is 0 Å².